The molecule has 0 saturated carbocycles. The third-order valence-electron chi connectivity index (χ3n) is 3.45. The van der Waals surface area contributed by atoms with E-state index in [0.29, 0.717) is 35.7 Å². The number of rotatable bonds is 4. The summed E-state index contributed by atoms with van der Waals surface area (Å²) in [6.07, 6.45) is 0. The van der Waals surface area contributed by atoms with E-state index in [1.807, 2.05) is 17.9 Å². The fourth-order valence-corrected chi connectivity index (χ4v) is 2.69. The lowest BCUT2D eigenvalue weighted by Gasteiger charge is -2.36. The van der Waals surface area contributed by atoms with Crippen LogP contribution in [0.1, 0.15) is 12.5 Å². The molecule has 4 nitrogen and oxygen atoms in total. The Labute approximate surface area is 120 Å². The Morgan fingerprint density at radius 1 is 1.58 bits per heavy atom. The molecule has 0 spiro atoms. The highest BCUT2D eigenvalue weighted by molar-refractivity contribution is 9.10. The molecule has 1 atom stereocenters. The van der Waals surface area contributed by atoms with E-state index in [-0.39, 0.29) is 5.82 Å². The van der Waals surface area contributed by atoms with Gasteiger partial charge in [0.1, 0.15) is 5.82 Å². The van der Waals surface area contributed by atoms with Crippen LogP contribution in [-0.2, 0) is 10.3 Å². The second-order valence-electron chi connectivity index (χ2n) is 4.72. The highest BCUT2D eigenvalue weighted by Crippen LogP contribution is 2.34. The number of aliphatic imine (C=N–C) groups is 1. The fraction of sp³-hybridized carbons (Fsp3) is 0.462. The quantitative estimate of drug-likeness (QED) is 0.920. The standard InChI is InChI=1S/C13H17BrFN3O/c1-13(10-4-3-9(14)7-11(10)15)8-17-12(16)18(13)5-6-19-2/h3-4,7H,5-6,8H2,1-2H3,(H2,16,17). The first-order chi connectivity index (χ1) is 8.99. The van der Waals surface area contributed by atoms with Crippen LogP contribution < -0.4 is 5.73 Å². The molecule has 0 aliphatic carbocycles. The summed E-state index contributed by atoms with van der Waals surface area (Å²) in [5.41, 5.74) is 5.93. The van der Waals surface area contributed by atoms with Crippen LogP contribution in [0.5, 0.6) is 0 Å². The number of hydrogen-bond donors (Lipinski definition) is 1. The maximum Gasteiger partial charge on any atom is 0.192 e. The molecule has 19 heavy (non-hydrogen) atoms. The molecule has 0 bridgehead atoms. The number of ether oxygens (including phenoxy) is 1. The highest BCUT2D eigenvalue weighted by Gasteiger charge is 2.41. The van der Waals surface area contributed by atoms with Crippen LogP contribution >= 0.6 is 15.9 Å². The SMILES string of the molecule is COCCN1C(N)=NCC1(C)c1ccc(Br)cc1F. The summed E-state index contributed by atoms with van der Waals surface area (Å²) >= 11 is 3.26. The highest BCUT2D eigenvalue weighted by atomic mass is 79.9. The van der Waals surface area contributed by atoms with E-state index in [2.05, 4.69) is 20.9 Å². The van der Waals surface area contributed by atoms with Crippen LogP contribution in [0.15, 0.2) is 27.7 Å². The Balaban J connectivity index is 2.35. The zero-order chi connectivity index (χ0) is 14.0. The normalized spacial score (nSPS) is 22.7. The van der Waals surface area contributed by atoms with Gasteiger partial charge < -0.3 is 15.4 Å². The topological polar surface area (TPSA) is 50.9 Å². The van der Waals surface area contributed by atoms with Crippen LogP contribution in [0.4, 0.5) is 4.39 Å². The first-order valence-electron chi connectivity index (χ1n) is 6.01. The predicted molar refractivity (Wildman–Crippen MR) is 76.5 cm³/mol. The number of halogens is 2. The third-order valence-corrected chi connectivity index (χ3v) is 3.94. The smallest absolute Gasteiger partial charge is 0.192 e. The van der Waals surface area contributed by atoms with Gasteiger partial charge in [0.2, 0.25) is 0 Å². The number of guanidine groups is 1. The van der Waals surface area contributed by atoms with Gasteiger partial charge in [0.05, 0.1) is 18.7 Å². The fourth-order valence-electron chi connectivity index (χ4n) is 2.36. The summed E-state index contributed by atoms with van der Waals surface area (Å²) in [6.45, 7) is 3.49. The minimum Gasteiger partial charge on any atom is -0.383 e. The summed E-state index contributed by atoms with van der Waals surface area (Å²) < 4.78 is 20.0. The van der Waals surface area contributed by atoms with E-state index in [1.165, 1.54) is 6.07 Å². The van der Waals surface area contributed by atoms with Crippen molar-refractivity contribution in [3.05, 3.63) is 34.1 Å². The van der Waals surface area contributed by atoms with Crippen LogP contribution in [0.25, 0.3) is 0 Å². The first kappa shape index (κ1) is 14.3. The molecule has 1 aromatic carbocycles. The molecule has 0 aromatic heterocycles. The van der Waals surface area contributed by atoms with Gasteiger partial charge in [-0.05, 0) is 19.1 Å². The third kappa shape index (κ3) is 2.60. The molecule has 1 aliphatic heterocycles. The van der Waals surface area contributed by atoms with Gasteiger partial charge in [-0.2, -0.15) is 0 Å². The molecule has 104 valence electrons. The Morgan fingerprint density at radius 2 is 2.32 bits per heavy atom. The van der Waals surface area contributed by atoms with Crippen LogP contribution in [0, 0.1) is 5.82 Å². The summed E-state index contributed by atoms with van der Waals surface area (Å²) in [5.74, 6) is 0.172. The van der Waals surface area contributed by atoms with Crippen molar-refractivity contribution < 1.29 is 9.13 Å². The minimum absolute atomic E-state index is 0.260. The molecule has 2 rings (SSSR count). The minimum atomic E-state index is -0.562. The van der Waals surface area contributed by atoms with Gasteiger partial charge in [0.25, 0.3) is 0 Å². The van der Waals surface area contributed by atoms with Crippen molar-refractivity contribution in [1.29, 1.82) is 0 Å². The summed E-state index contributed by atoms with van der Waals surface area (Å²) in [5, 5.41) is 0. The van der Waals surface area contributed by atoms with Crippen molar-refractivity contribution in [3.8, 4) is 0 Å². The first-order valence-corrected chi connectivity index (χ1v) is 6.80. The molecular formula is C13H17BrFN3O. The molecule has 2 N–H and O–H groups in total. The molecule has 1 aliphatic rings. The molecule has 0 radical (unpaired) electrons. The molecule has 0 saturated heterocycles. The van der Waals surface area contributed by atoms with Gasteiger partial charge in [-0.1, -0.05) is 22.0 Å². The van der Waals surface area contributed by atoms with Gasteiger partial charge in [-0.25, -0.2) is 4.39 Å². The molecule has 0 fully saturated rings. The van der Waals surface area contributed by atoms with Gasteiger partial charge in [-0.3, -0.25) is 4.99 Å². The largest absolute Gasteiger partial charge is 0.383 e. The van der Waals surface area contributed by atoms with E-state index >= 15 is 0 Å². The number of nitrogens with two attached hydrogens (primary N) is 1. The lowest BCUT2D eigenvalue weighted by atomic mass is 9.90. The molecule has 1 heterocycles. The van der Waals surface area contributed by atoms with Crippen molar-refractivity contribution in [3.63, 3.8) is 0 Å². The van der Waals surface area contributed by atoms with E-state index in [1.54, 1.807) is 13.2 Å². The van der Waals surface area contributed by atoms with Gasteiger partial charge >= 0.3 is 0 Å². The lowest BCUT2D eigenvalue weighted by molar-refractivity contribution is 0.135. The predicted octanol–water partition coefficient (Wildman–Crippen LogP) is 2.08. The van der Waals surface area contributed by atoms with E-state index in [4.69, 9.17) is 10.5 Å². The summed E-state index contributed by atoms with van der Waals surface area (Å²) in [4.78, 5) is 6.14. The molecule has 6 heteroatoms. The van der Waals surface area contributed by atoms with Gasteiger partial charge in [0, 0.05) is 23.7 Å². The number of hydrogen-bond acceptors (Lipinski definition) is 4. The average Bonchev–Trinajstić information content (AvgIpc) is 2.64. The molecule has 1 unspecified atom stereocenters. The van der Waals surface area contributed by atoms with Crippen molar-refractivity contribution in [2.45, 2.75) is 12.5 Å². The second-order valence-corrected chi connectivity index (χ2v) is 5.63. The molecular weight excluding hydrogens is 313 g/mol. The lowest BCUT2D eigenvalue weighted by Crippen LogP contribution is -2.49. The van der Waals surface area contributed by atoms with Crippen LogP contribution in [0.3, 0.4) is 0 Å². The average molecular weight is 330 g/mol. The Morgan fingerprint density at radius 3 is 2.95 bits per heavy atom. The number of methoxy groups -OCH3 is 1. The summed E-state index contributed by atoms with van der Waals surface area (Å²) in [6, 6.07) is 5.06. The zero-order valence-corrected chi connectivity index (χ0v) is 12.6. The molecule has 1 aromatic rings. The van der Waals surface area contributed by atoms with Crippen molar-refractivity contribution in [2.75, 3.05) is 26.8 Å². The van der Waals surface area contributed by atoms with E-state index in [0.717, 1.165) is 0 Å². The Hall–Kier alpha value is -1.14. The molecule has 0 amide bonds. The van der Waals surface area contributed by atoms with Crippen LogP contribution in [-0.4, -0.2) is 37.7 Å². The maximum absolute atomic E-state index is 14.2. The number of benzene rings is 1. The van der Waals surface area contributed by atoms with Crippen molar-refractivity contribution in [2.24, 2.45) is 10.7 Å². The Kier molecular flexibility index (Phi) is 4.10. The van der Waals surface area contributed by atoms with Crippen molar-refractivity contribution in [1.82, 2.24) is 4.90 Å². The van der Waals surface area contributed by atoms with Crippen molar-refractivity contribution >= 4 is 21.9 Å². The van der Waals surface area contributed by atoms with E-state index in [9.17, 15) is 4.39 Å². The second kappa shape index (κ2) is 5.46. The van der Waals surface area contributed by atoms with Crippen LogP contribution in [0.2, 0.25) is 0 Å². The summed E-state index contributed by atoms with van der Waals surface area (Å²) in [7, 11) is 1.63. The zero-order valence-electron chi connectivity index (χ0n) is 11.0. The maximum atomic E-state index is 14.2. The van der Waals surface area contributed by atoms with Gasteiger partial charge in [0.15, 0.2) is 5.96 Å². The van der Waals surface area contributed by atoms with E-state index < -0.39 is 5.54 Å². The van der Waals surface area contributed by atoms with Gasteiger partial charge in [-0.15, -0.1) is 0 Å². The monoisotopic (exact) mass is 329 g/mol. The Bertz CT molecular complexity index is 509. The number of nitrogens with zero attached hydrogens (tertiary/aromatic N) is 2.